The zero-order valence-electron chi connectivity index (χ0n) is 17.0. The van der Waals surface area contributed by atoms with Gasteiger partial charge in [-0.15, -0.1) is 0 Å². The predicted octanol–water partition coefficient (Wildman–Crippen LogP) is 3.58. The fraction of sp³-hybridized carbons (Fsp3) is 0.304. The van der Waals surface area contributed by atoms with E-state index in [4.69, 9.17) is 16.2 Å². The number of nitrogens with one attached hydrogen (secondary N) is 1. The van der Waals surface area contributed by atoms with E-state index >= 15 is 0 Å². The monoisotopic (exact) mass is 405 g/mol. The highest BCUT2D eigenvalue weighted by Crippen LogP contribution is 2.42. The summed E-state index contributed by atoms with van der Waals surface area (Å²) in [5, 5.41) is 7.87. The van der Waals surface area contributed by atoms with E-state index in [2.05, 4.69) is 10.4 Å². The average Bonchev–Trinajstić information content (AvgIpc) is 3.05. The van der Waals surface area contributed by atoms with Crippen LogP contribution in [0.4, 0.5) is 5.82 Å². The molecule has 0 aliphatic heterocycles. The van der Waals surface area contributed by atoms with E-state index in [0.29, 0.717) is 23.2 Å². The molecule has 1 aliphatic rings. The Kier molecular flexibility index (Phi) is 5.72. The molecule has 1 fully saturated rings. The Balaban J connectivity index is 1.55. The van der Waals surface area contributed by atoms with Crippen molar-refractivity contribution >= 4 is 11.7 Å². The van der Waals surface area contributed by atoms with E-state index in [-0.39, 0.29) is 11.6 Å². The number of benzene rings is 2. The Labute approximate surface area is 176 Å². The number of hydrogen-bond donors (Lipinski definition) is 3. The highest BCUT2D eigenvalue weighted by Gasteiger charge is 2.34. The maximum Gasteiger partial charge on any atom is 0.254 e. The van der Waals surface area contributed by atoms with Gasteiger partial charge in [0.25, 0.3) is 5.91 Å². The molecule has 0 radical (unpaired) electrons. The number of nitrogens with zero attached hydrogens (tertiary/aromatic N) is 2. The molecule has 1 amide bonds. The van der Waals surface area contributed by atoms with Gasteiger partial charge in [-0.3, -0.25) is 4.79 Å². The fourth-order valence-electron chi connectivity index (χ4n) is 3.96. The van der Waals surface area contributed by atoms with E-state index in [0.717, 1.165) is 37.1 Å². The van der Waals surface area contributed by atoms with Gasteiger partial charge in [0.2, 0.25) is 0 Å². The van der Waals surface area contributed by atoms with Crippen LogP contribution in [-0.2, 0) is 0 Å². The molecule has 0 saturated heterocycles. The van der Waals surface area contributed by atoms with Crippen molar-refractivity contribution in [3.05, 3.63) is 60.2 Å². The Bertz CT molecular complexity index is 1010. The van der Waals surface area contributed by atoms with Gasteiger partial charge in [0, 0.05) is 5.56 Å². The number of carbonyl (C=O) groups excluding carboxylic acids is 1. The first-order chi connectivity index (χ1) is 14.6. The van der Waals surface area contributed by atoms with Crippen molar-refractivity contribution in [1.29, 1.82) is 0 Å². The minimum atomic E-state index is -0.565. The Morgan fingerprint density at radius 1 is 1.13 bits per heavy atom. The predicted molar refractivity (Wildman–Crippen MR) is 117 cm³/mol. The van der Waals surface area contributed by atoms with Gasteiger partial charge in [0.15, 0.2) is 0 Å². The largest absolute Gasteiger partial charge is 0.457 e. The van der Waals surface area contributed by atoms with Crippen LogP contribution in [0.3, 0.4) is 0 Å². The molecule has 0 spiro atoms. The second-order valence-corrected chi connectivity index (χ2v) is 7.74. The van der Waals surface area contributed by atoms with Gasteiger partial charge in [0.05, 0.1) is 6.04 Å². The number of rotatable bonds is 8. The molecule has 4 rings (SSSR count). The van der Waals surface area contributed by atoms with Gasteiger partial charge in [-0.25, -0.2) is 4.68 Å². The normalized spacial score (nSPS) is 18.0. The molecule has 0 bridgehead atoms. The van der Waals surface area contributed by atoms with Crippen LogP contribution in [-0.4, -0.2) is 29.3 Å². The smallest absolute Gasteiger partial charge is 0.254 e. The number of primary amides is 1. The number of aromatic nitrogens is 2. The van der Waals surface area contributed by atoms with Crippen LogP contribution in [0.2, 0.25) is 0 Å². The van der Waals surface area contributed by atoms with Crippen molar-refractivity contribution in [2.45, 2.75) is 25.3 Å². The molecular weight excluding hydrogens is 378 g/mol. The maximum atomic E-state index is 12.1. The summed E-state index contributed by atoms with van der Waals surface area (Å²) in [5.74, 6) is 1.89. The molecule has 5 N–H and O–H groups in total. The average molecular weight is 406 g/mol. The summed E-state index contributed by atoms with van der Waals surface area (Å²) in [4.78, 5) is 12.1. The van der Waals surface area contributed by atoms with Crippen LogP contribution in [0, 0.1) is 5.92 Å². The zero-order valence-corrected chi connectivity index (χ0v) is 17.0. The van der Waals surface area contributed by atoms with Crippen LogP contribution < -0.4 is 21.5 Å². The molecule has 2 aromatic carbocycles. The summed E-state index contributed by atoms with van der Waals surface area (Å²) in [6, 6.07) is 17.2. The minimum Gasteiger partial charge on any atom is -0.457 e. The molecular formula is C23H27N5O2. The third-order valence-corrected chi connectivity index (χ3v) is 5.66. The lowest BCUT2D eigenvalue weighted by Gasteiger charge is -2.36. The first-order valence-electron chi connectivity index (χ1n) is 10.2. The summed E-state index contributed by atoms with van der Waals surface area (Å²) in [5.41, 5.74) is 13.5. The fourth-order valence-corrected chi connectivity index (χ4v) is 3.96. The van der Waals surface area contributed by atoms with Gasteiger partial charge in [-0.1, -0.05) is 18.2 Å². The first kappa shape index (κ1) is 20.0. The Morgan fingerprint density at radius 3 is 2.43 bits per heavy atom. The first-order valence-corrected chi connectivity index (χ1v) is 10.2. The number of carbonyl (C=O) groups is 1. The summed E-state index contributed by atoms with van der Waals surface area (Å²) in [6.07, 6.45) is 3.15. The highest BCUT2D eigenvalue weighted by molar-refractivity contribution is 6.03. The van der Waals surface area contributed by atoms with Crippen LogP contribution in [0.1, 0.15) is 35.7 Å². The second-order valence-electron chi connectivity index (χ2n) is 7.74. The standard InChI is InChI=1S/C23H27N5O2/c1-26-12-11-15-13-17(14-15)28-22(24)20(23(25)29)21(27-28)16-7-9-19(10-8-16)30-18-5-3-2-4-6-18/h2-10,15,17,26H,11-14,24H2,1H3,(H2,25,29). The van der Waals surface area contributed by atoms with Crippen molar-refractivity contribution in [3.8, 4) is 22.8 Å². The van der Waals surface area contributed by atoms with Crippen LogP contribution in [0.25, 0.3) is 11.3 Å². The van der Waals surface area contributed by atoms with Gasteiger partial charge < -0.3 is 21.5 Å². The van der Waals surface area contributed by atoms with Crippen LogP contribution >= 0.6 is 0 Å². The van der Waals surface area contributed by atoms with Crippen molar-refractivity contribution in [2.75, 3.05) is 19.3 Å². The molecule has 7 heteroatoms. The summed E-state index contributed by atoms with van der Waals surface area (Å²) >= 11 is 0. The van der Waals surface area contributed by atoms with Crippen molar-refractivity contribution < 1.29 is 9.53 Å². The van der Waals surface area contributed by atoms with Gasteiger partial charge in [-0.05, 0) is 75.2 Å². The number of ether oxygens (including phenoxy) is 1. The molecule has 7 nitrogen and oxygen atoms in total. The van der Waals surface area contributed by atoms with Crippen LogP contribution in [0.5, 0.6) is 11.5 Å². The van der Waals surface area contributed by atoms with Crippen molar-refractivity contribution in [2.24, 2.45) is 11.7 Å². The van der Waals surface area contributed by atoms with Gasteiger partial charge in [0.1, 0.15) is 28.6 Å². The number of para-hydroxylation sites is 1. The van der Waals surface area contributed by atoms with Crippen LogP contribution in [0.15, 0.2) is 54.6 Å². The van der Waals surface area contributed by atoms with Gasteiger partial charge >= 0.3 is 0 Å². The van der Waals surface area contributed by atoms with Gasteiger partial charge in [-0.2, -0.15) is 5.10 Å². The topological polar surface area (TPSA) is 108 Å². The third kappa shape index (κ3) is 4.02. The van der Waals surface area contributed by atoms with Crippen molar-refractivity contribution in [3.63, 3.8) is 0 Å². The summed E-state index contributed by atoms with van der Waals surface area (Å²) in [7, 11) is 1.96. The lowest BCUT2D eigenvalue weighted by Crippen LogP contribution is -2.30. The Morgan fingerprint density at radius 2 is 1.80 bits per heavy atom. The second kappa shape index (κ2) is 8.59. The Hall–Kier alpha value is -3.32. The van der Waals surface area contributed by atoms with E-state index in [9.17, 15) is 4.79 Å². The molecule has 0 unspecified atom stereocenters. The molecule has 1 heterocycles. The molecule has 1 aromatic heterocycles. The maximum absolute atomic E-state index is 12.1. The third-order valence-electron chi connectivity index (χ3n) is 5.66. The highest BCUT2D eigenvalue weighted by atomic mass is 16.5. The van der Waals surface area contributed by atoms with E-state index < -0.39 is 5.91 Å². The number of nitrogens with two attached hydrogens (primary N) is 2. The lowest BCUT2D eigenvalue weighted by molar-refractivity contribution is 0.100. The molecule has 0 atom stereocenters. The van der Waals surface area contributed by atoms with Crippen molar-refractivity contribution in [1.82, 2.24) is 15.1 Å². The number of hydrogen-bond acceptors (Lipinski definition) is 5. The SMILES string of the molecule is CNCCC1CC(n2nc(-c3ccc(Oc4ccccc4)cc3)c(C(N)=O)c2N)C1. The van der Waals surface area contributed by atoms with E-state index in [1.54, 1.807) is 4.68 Å². The number of amides is 1. The number of nitrogen functional groups attached to an aromatic ring is 1. The molecule has 30 heavy (non-hydrogen) atoms. The molecule has 3 aromatic rings. The zero-order chi connectivity index (χ0) is 21.1. The summed E-state index contributed by atoms with van der Waals surface area (Å²) < 4.78 is 7.61. The number of anilines is 1. The quantitative estimate of drug-likeness (QED) is 0.531. The molecule has 156 valence electrons. The minimum absolute atomic E-state index is 0.208. The molecule has 1 aliphatic carbocycles. The molecule has 1 saturated carbocycles. The van der Waals surface area contributed by atoms with E-state index in [1.807, 2.05) is 61.6 Å². The lowest BCUT2D eigenvalue weighted by atomic mass is 9.78. The summed E-state index contributed by atoms with van der Waals surface area (Å²) in [6.45, 7) is 1.00. The van der Waals surface area contributed by atoms with E-state index in [1.165, 1.54) is 0 Å².